The molecule has 0 unspecified atom stereocenters. The molecule has 0 aromatic carbocycles. The maximum atomic E-state index is 13.0. The van der Waals surface area contributed by atoms with Crippen molar-refractivity contribution in [3.05, 3.63) is 21.8 Å². The Morgan fingerprint density at radius 2 is 1.90 bits per heavy atom. The van der Waals surface area contributed by atoms with Crippen molar-refractivity contribution < 1.29 is 14.3 Å². The van der Waals surface area contributed by atoms with Gasteiger partial charge in [0.05, 0.1) is 5.56 Å². The van der Waals surface area contributed by atoms with E-state index in [2.05, 4.69) is 20.3 Å². The van der Waals surface area contributed by atoms with Gasteiger partial charge in [-0.3, -0.25) is 4.79 Å². The Labute approximate surface area is 185 Å². The Hall–Kier alpha value is -2.75. The van der Waals surface area contributed by atoms with Gasteiger partial charge in [-0.05, 0) is 37.7 Å². The van der Waals surface area contributed by atoms with Crippen LogP contribution in [-0.2, 0) is 29.0 Å². The summed E-state index contributed by atoms with van der Waals surface area (Å²) in [6, 6.07) is 0. The van der Waals surface area contributed by atoms with Crippen LogP contribution in [0.15, 0.2) is 0 Å². The summed E-state index contributed by atoms with van der Waals surface area (Å²) >= 11 is 1.50. The van der Waals surface area contributed by atoms with Crippen LogP contribution in [0.5, 0.6) is 0 Å². The lowest BCUT2D eigenvalue weighted by atomic mass is 9.89. The summed E-state index contributed by atoms with van der Waals surface area (Å²) in [4.78, 5) is 41.1. The molecule has 1 amide bonds. The fraction of sp³-hybridized carbons (Fsp3) is 0.571. The van der Waals surface area contributed by atoms with Crippen LogP contribution in [0.25, 0.3) is 0 Å². The topological polar surface area (TPSA) is 123 Å². The summed E-state index contributed by atoms with van der Waals surface area (Å²) in [5.41, 5.74) is 7.23. The average Bonchev–Trinajstić information content (AvgIpc) is 3.33. The normalized spacial score (nSPS) is 16.1. The van der Waals surface area contributed by atoms with Crippen LogP contribution < -0.4 is 16.0 Å². The lowest BCUT2D eigenvalue weighted by molar-refractivity contribution is -0.120. The summed E-state index contributed by atoms with van der Waals surface area (Å²) in [5.74, 6) is 0.312. The molecular weight excluding hydrogens is 416 g/mol. The van der Waals surface area contributed by atoms with Gasteiger partial charge in [0.1, 0.15) is 5.00 Å². The first-order chi connectivity index (χ1) is 14.9. The average molecular weight is 445 g/mol. The fourth-order valence-electron chi connectivity index (χ4n) is 4.18. The summed E-state index contributed by atoms with van der Waals surface area (Å²) < 4.78 is 5.54. The number of ether oxygens (including phenoxy) is 1. The summed E-state index contributed by atoms with van der Waals surface area (Å²) in [7, 11) is 3.58. The summed E-state index contributed by atoms with van der Waals surface area (Å²) in [6.07, 6.45) is 7.92. The number of fused-ring (bicyclic) bond motifs is 1. The molecule has 4 rings (SSSR count). The van der Waals surface area contributed by atoms with Crippen molar-refractivity contribution in [2.45, 2.75) is 58.0 Å². The van der Waals surface area contributed by atoms with E-state index >= 15 is 0 Å². The van der Waals surface area contributed by atoms with E-state index in [1.54, 1.807) is 19.0 Å². The van der Waals surface area contributed by atoms with E-state index in [0.717, 1.165) is 55.4 Å². The number of hydrogen-bond donors (Lipinski definition) is 2. The number of anilines is 3. The lowest BCUT2D eigenvalue weighted by Gasteiger charge is -2.20. The minimum absolute atomic E-state index is 0.00883. The second-order valence-corrected chi connectivity index (χ2v) is 9.37. The van der Waals surface area contributed by atoms with Crippen LogP contribution in [0.1, 0.15) is 65.1 Å². The Balaban J connectivity index is 1.50. The van der Waals surface area contributed by atoms with Crippen LogP contribution in [0, 0.1) is 5.92 Å². The zero-order valence-electron chi connectivity index (χ0n) is 17.9. The van der Waals surface area contributed by atoms with Crippen LogP contribution in [0.3, 0.4) is 0 Å². The molecule has 0 saturated heterocycles. The first-order valence-electron chi connectivity index (χ1n) is 10.7. The van der Waals surface area contributed by atoms with Gasteiger partial charge < -0.3 is 20.7 Å². The molecule has 3 N–H and O–H groups in total. The molecule has 31 heavy (non-hydrogen) atoms. The third-order valence-corrected chi connectivity index (χ3v) is 6.96. The molecule has 1 saturated carbocycles. The van der Waals surface area contributed by atoms with Gasteiger partial charge in [-0.15, -0.1) is 11.3 Å². The molecule has 2 aliphatic carbocycles. The van der Waals surface area contributed by atoms with Crippen molar-refractivity contribution in [3.63, 3.8) is 0 Å². The molecule has 2 aromatic rings. The van der Waals surface area contributed by atoms with Crippen molar-refractivity contribution >= 4 is 40.1 Å². The first-order valence-corrected chi connectivity index (χ1v) is 11.5. The molecule has 0 aliphatic heterocycles. The van der Waals surface area contributed by atoms with E-state index in [9.17, 15) is 9.59 Å². The molecule has 2 aliphatic rings. The zero-order valence-corrected chi connectivity index (χ0v) is 18.8. The first kappa shape index (κ1) is 21.5. The maximum Gasteiger partial charge on any atom is 0.341 e. The van der Waals surface area contributed by atoms with E-state index in [4.69, 9.17) is 10.5 Å². The van der Waals surface area contributed by atoms with E-state index in [1.165, 1.54) is 17.8 Å². The summed E-state index contributed by atoms with van der Waals surface area (Å²) in [6.45, 7) is -0.118. The van der Waals surface area contributed by atoms with Gasteiger partial charge >= 0.3 is 5.97 Å². The number of amides is 1. The smallest absolute Gasteiger partial charge is 0.341 e. The predicted octanol–water partition coefficient (Wildman–Crippen LogP) is 2.95. The molecule has 2 heterocycles. The van der Waals surface area contributed by atoms with Crippen molar-refractivity contribution in [3.8, 4) is 0 Å². The highest BCUT2D eigenvalue weighted by atomic mass is 32.1. The fourth-order valence-corrected chi connectivity index (χ4v) is 5.46. The maximum absolute atomic E-state index is 13.0. The molecule has 0 bridgehead atoms. The van der Waals surface area contributed by atoms with Crippen LogP contribution in [-0.4, -0.2) is 40.9 Å². The van der Waals surface area contributed by atoms with Crippen LogP contribution in [0.2, 0.25) is 0 Å². The molecule has 1 fully saturated rings. The minimum atomic E-state index is -0.469. The molecule has 10 heteroatoms. The van der Waals surface area contributed by atoms with Crippen LogP contribution >= 0.6 is 11.3 Å². The number of aromatic nitrogens is 3. The van der Waals surface area contributed by atoms with Gasteiger partial charge in [-0.1, -0.05) is 19.3 Å². The molecule has 0 atom stereocenters. The zero-order chi connectivity index (χ0) is 22.0. The highest BCUT2D eigenvalue weighted by Gasteiger charge is 2.30. The third kappa shape index (κ3) is 4.79. The van der Waals surface area contributed by atoms with Crippen molar-refractivity contribution in [1.82, 2.24) is 15.0 Å². The SMILES string of the molecule is CN(C)c1nc(N)nc(COC(=O)c2c(NC(=O)C3CCCCC3)sc3c2CCC3)n1. The number of carbonyl (C=O) groups excluding carboxylic acids is 2. The van der Waals surface area contributed by atoms with Gasteiger partial charge in [-0.25, -0.2) is 4.79 Å². The number of nitrogens with zero attached hydrogens (tertiary/aromatic N) is 4. The number of nitrogens with one attached hydrogen (secondary N) is 1. The van der Waals surface area contributed by atoms with E-state index in [-0.39, 0.29) is 30.2 Å². The van der Waals surface area contributed by atoms with Gasteiger partial charge in [0, 0.05) is 24.9 Å². The van der Waals surface area contributed by atoms with Gasteiger partial charge in [0.15, 0.2) is 12.4 Å². The Bertz CT molecular complexity index is 984. The number of hydrogen-bond acceptors (Lipinski definition) is 9. The van der Waals surface area contributed by atoms with E-state index in [0.29, 0.717) is 16.5 Å². The standard InChI is InChI=1S/C21H28N6O3S/c1-27(2)21-24-15(23-20(22)26-21)11-30-19(29)16-13-9-6-10-14(13)31-18(16)25-17(28)12-7-4-3-5-8-12/h12H,3-11H2,1-2H3,(H,25,28)(H2,22,23,24,26). The van der Waals surface area contributed by atoms with Crippen molar-refractivity contribution in [1.29, 1.82) is 0 Å². The highest BCUT2D eigenvalue weighted by Crippen LogP contribution is 2.40. The number of nitrogen functional groups attached to an aromatic ring is 1. The molecule has 9 nitrogen and oxygen atoms in total. The van der Waals surface area contributed by atoms with Crippen molar-refractivity contribution in [2.75, 3.05) is 30.0 Å². The number of esters is 1. The second-order valence-electron chi connectivity index (χ2n) is 8.27. The monoisotopic (exact) mass is 444 g/mol. The number of thiophene rings is 1. The van der Waals surface area contributed by atoms with Crippen LogP contribution in [0.4, 0.5) is 16.9 Å². The second kappa shape index (κ2) is 9.17. The molecular formula is C21H28N6O3S. The lowest BCUT2D eigenvalue weighted by Crippen LogP contribution is -2.25. The molecule has 166 valence electrons. The number of nitrogens with two attached hydrogens (primary N) is 1. The minimum Gasteiger partial charge on any atom is -0.454 e. The third-order valence-electron chi connectivity index (χ3n) is 5.76. The Kier molecular flexibility index (Phi) is 6.35. The Morgan fingerprint density at radius 3 is 2.65 bits per heavy atom. The Morgan fingerprint density at radius 1 is 1.13 bits per heavy atom. The summed E-state index contributed by atoms with van der Waals surface area (Å²) in [5, 5.41) is 3.64. The largest absolute Gasteiger partial charge is 0.454 e. The van der Waals surface area contributed by atoms with Gasteiger partial charge in [0.25, 0.3) is 0 Å². The highest BCUT2D eigenvalue weighted by molar-refractivity contribution is 7.17. The number of carbonyl (C=O) groups is 2. The van der Waals surface area contributed by atoms with E-state index in [1.807, 2.05) is 0 Å². The van der Waals surface area contributed by atoms with Gasteiger partial charge in [-0.2, -0.15) is 15.0 Å². The van der Waals surface area contributed by atoms with Crippen molar-refractivity contribution in [2.24, 2.45) is 5.92 Å². The molecule has 0 spiro atoms. The number of rotatable bonds is 6. The number of aryl methyl sites for hydroxylation is 1. The molecule has 0 radical (unpaired) electrons. The quantitative estimate of drug-likeness (QED) is 0.652. The van der Waals surface area contributed by atoms with Gasteiger partial charge in [0.2, 0.25) is 17.8 Å². The molecule has 2 aromatic heterocycles. The van der Waals surface area contributed by atoms with E-state index < -0.39 is 5.97 Å². The predicted molar refractivity (Wildman–Crippen MR) is 119 cm³/mol.